The summed E-state index contributed by atoms with van der Waals surface area (Å²) in [6.07, 6.45) is 0. The number of nitrogens with two attached hydrogens (primary N) is 1. The van der Waals surface area contributed by atoms with Gasteiger partial charge in [-0.2, -0.15) is 0 Å². The zero-order chi connectivity index (χ0) is 13.0. The van der Waals surface area contributed by atoms with E-state index < -0.39 is 5.82 Å². The van der Waals surface area contributed by atoms with Crippen LogP contribution in [0, 0.1) is 17.1 Å². The van der Waals surface area contributed by atoms with Crippen LogP contribution in [0.3, 0.4) is 0 Å². The van der Waals surface area contributed by atoms with Crippen molar-refractivity contribution in [1.82, 2.24) is 4.90 Å². The average Bonchev–Trinajstić information content (AvgIpc) is 2.23. The second-order valence-corrected chi connectivity index (χ2v) is 4.71. The third-order valence-electron chi connectivity index (χ3n) is 2.55. The van der Waals surface area contributed by atoms with Crippen molar-refractivity contribution in [3.05, 3.63) is 34.6 Å². The lowest BCUT2D eigenvalue weighted by Crippen LogP contribution is -2.31. The van der Waals surface area contributed by atoms with Crippen LogP contribution in [-0.4, -0.2) is 24.3 Å². The molecule has 0 spiro atoms. The maximum absolute atomic E-state index is 13.2. The van der Waals surface area contributed by atoms with E-state index in [1.807, 2.05) is 18.9 Å². The third kappa shape index (κ3) is 4.32. The van der Waals surface area contributed by atoms with Gasteiger partial charge < -0.3 is 10.6 Å². The van der Waals surface area contributed by atoms with Crippen molar-refractivity contribution < 1.29 is 4.39 Å². The molecule has 0 saturated heterocycles. The van der Waals surface area contributed by atoms with Crippen molar-refractivity contribution in [3.63, 3.8) is 0 Å². The molecule has 0 aliphatic rings. The molecule has 0 aromatic heterocycles. The van der Waals surface area contributed by atoms with Crippen molar-refractivity contribution in [2.75, 3.05) is 13.6 Å². The van der Waals surface area contributed by atoms with E-state index in [2.05, 4.69) is 0 Å². The van der Waals surface area contributed by atoms with Gasteiger partial charge in [0.2, 0.25) is 0 Å². The molecule has 17 heavy (non-hydrogen) atoms. The van der Waals surface area contributed by atoms with Gasteiger partial charge in [0.1, 0.15) is 5.82 Å². The zero-order valence-electron chi connectivity index (χ0n) is 10.0. The van der Waals surface area contributed by atoms with E-state index >= 15 is 0 Å². The number of halogens is 2. The lowest BCUT2D eigenvalue weighted by Gasteiger charge is -2.20. The van der Waals surface area contributed by atoms with Gasteiger partial charge >= 0.3 is 0 Å². The lowest BCUT2D eigenvalue weighted by molar-refractivity contribution is 0.306. The summed E-state index contributed by atoms with van der Waals surface area (Å²) in [4.78, 5) is 1.99. The molecule has 0 saturated carbocycles. The molecule has 1 atom stereocenters. The maximum atomic E-state index is 13.2. The van der Waals surface area contributed by atoms with Crippen molar-refractivity contribution in [3.8, 4) is 0 Å². The van der Waals surface area contributed by atoms with E-state index in [0.717, 1.165) is 5.56 Å². The minimum Gasteiger partial charge on any atom is -0.387 e. The van der Waals surface area contributed by atoms with Gasteiger partial charge in [-0.3, -0.25) is 5.41 Å². The number of nitrogens with one attached hydrogen (secondary N) is 1. The van der Waals surface area contributed by atoms with Crippen molar-refractivity contribution >= 4 is 17.4 Å². The Labute approximate surface area is 106 Å². The average molecular weight is 258 g/mol. The van der Waals surface area contributed by atoms with Crippen LogP contribution in [0.2, 0.25) is 5.02 Å². The van der Waals surface area contributed by atoms with Gasteiger partial charge in [-0.25, -0.2) is 4.39 Å². The first kappa shape index (κ1) is 13.9. The fourth-order valence-electron chi connectivity index (χ4n) is 1.58. The van der Waals surface area contributed by atoms with Gasteiger partial charge in [-0.05, 0) is 24.7 Å². The molecule has 1 rings (SSSR count). The highest BCUT2D eigenvalue weighted by Gasteiger charge is 2.10. The quantitative estimate of drug-likeness (QED) is 0.629. The Bertz CT molecular complexity index is 409. The summed E-state index contributed by atoms with van der Waals surface area (Å²) in [6, 6.07) is 4.77. The molecule has 94 valence electrons. The molecular weight excluding hydrogens is 241 g/mol. The van der Waals surface area contributed by atoms with Gasteiger partial charge in [-0.1, -0.05) is 24.6 Å². The van der Waals surface area contributed by atoms with Gasteiger partial charge in [0.05, 0.1) is 10.9 Å². The SMILES string of the molecule is CC(CN(C)Cc1ccc(Cl)c(F)c1)C(=N)N. The standard InChI is InChI=1S/C12H17ClFN3/c1-8(12(15)16)6-17(2)7-9-3-4-10(13)11(14)5-9/h3-5,8H,6-7H2,1-2H3,(H3,15,16). The van der Waals surface area contributed by atoms with Crippen LogP contribution in [0.1, 0.15) is 12.5 Å². The summed E-state index contributed by atoms with van der Waals surface area (Å²) in [6.45, 7) is 3.16. The second-order valence-electron chi connectivity index (χ2n) is 4.30. The van der Waals surface area contributed by atoms with Crippen LogP contribution in [-0.2, 0) is 6.54 Å². The first-order chi connectivity index (χ1) is 7.90. The molecule has 3 nitrogen and oxygen atoms in total. The predicted octanol–water partition coefficient (Wildman–Crippen LogP) is 2.48. The highest BCUT2D eigenvalue weighted by atomic mass is 35.5. The minimum absolute atomic E-state index is 0.00264. The smallest absolute Gasteiger partial charge is 0.142 e. The Morgan fingerprint density at radius 1 is 1.59 bits per heavy atom. The summed E-state index contributed by atoms with van der Waals surface area (Å²) in [5.41, 5.74) is 6.25. The number of hydrogen-bond donors (Lipinski definition) is 2. The summed E-state index contributed by atoms with van der Waals surface area (Å²) in [7, 11) is 1.91. The van der Waals surface area contributed by atoms with Crippen LogP contribution in [0.4, 0.5) is 4.39 Å². The Morgan fingerprint density at radius 2 is 2.24 bits per heavy atom. The zero-order valence-corrected chi connectivity index (χ0v) is 10.8. The molecule has 0 fully saturated rings. The van der Waals surface area contributed by atoms with Crippen LogP contribution in [0.5, 0.6) is 0 Å². The van der Waals surface area contributed by atoms with E-state index in [9.17, 15) is 4.39 Å². The normalized spacial score (nSPS) is 12.8. The van der Waals surface area contributed by atoms with Gasteiger partial charge in [-0.15, -0.1) is 0 Å². The van der Waals surface area contributed by atoms with Crippen LogP contribution < -0.4 is 5.73 Å². The maximum Gasteiger partial charge on any atom is 0.142 e. The van der Waals surface area contributed by atoms with E-state index in [-0.39, 0.29) is 16.8 Å². The first-order valence-corrected chi connectivity index (χ1v) is 5.74. The number of nitrogens with zero attached hydrogens (tertiary/aromatic N) is 1. The number of benzene rings is 1. The molecule has 1 aromatic carbocycles. The molecule has 1 aromatic rings. The minimum atomic E-state index is -0.405. The summed E-state index contributed by atoms with van der Waals surface area (Å²) >= 11 is 5.61. The van der Waals surface area contributed by atoms with E-state index in [1.54, 1.807) is 12.1 Å². The van der Waals surface area contributed by atoms with Crippen molar-refractivity contribution in [2.24, 2.45) is 11.7 Å². The van der Waals surface area contributed by atoms with Gasteiger partial charge in [0.15, 0.2) is 0 Å². The molecule has 1 unspecified atom stereocenters. The van der Waals surface area contributed by atoms with E-state index in [4.69, 9.17) is 22.7 Å². The van der Waals surface area contributed by atoms with Crippen LogP contribution >= 0.6 is 11.6 Å². The fraction of sp³-hybridized carbons (Fsp3) is 0.417. The van der Waals surface area contributed by atoms with E-state index in [1.165, 1.54) is 6.07 Å². The highest BCUT2D eigenvalue weighted by molar-refractivity contribution is 6.30. The fourth-order valence-corrected chi connectivity index (χ4v) is 1.70. The van der Waals surface area contributed by atoms with Crippen molar-refractivity contribution in [2.45, 2.75) is 13.5 Å². The largest absolute Gasteiger partial charge is 0.387 e. The first-order valence-electron chi connectivity index (χ1n) is 5.36. The topological polar surface area (TPSA) is 53.1 Å². The molecular formula is C12H17ClFN3. The molecule has 0 heterocycles. The number of amidine groups is 1. The Morgan fingerprint density at radius 3 is 2.76 bits per heavy atom. The van der Waals surface area contributed by atoms with Crippen molar-refractivity contribution in [1.29, 1.82) is 5.41 Å². The molecule has 3 N–H and O–H groups in total. The van der Waals surface area contributed by atoms with Gasteiger partial charge in [0.25, 0.3) is 0 Å². The predicted molar refractivity (Wildman–Crippen MR) is 68.8 cm³/mol. The molecule has 0 aliphatic heterocycles. The number of hydrogen-bond acceptors (Lipinski definition) is 2. The molecule has 0 bridgehead atoms. The molecule has 0 radical (unpaired) electrons. The van der Waals surface area contributed by atoms with Crippen LogP contribution in [0.15, 0.2) is 18.2 Å². The second kappa shape index (κ2) is 5.98. The Hall–Kier alpha value is -1.13. The molecule has 0 amide bonds. The monoisotopic (exact) mass is 257 g/mol. The summed E-state index contributed by atoms with van der Waals surface area (Å²) < 4.78 is 13.2. The van der Waals surface area contributed by atoms with E-state index in [0.29, 0.717) is 13.1 Å². The lowest BCUT2D eigenvalue weighted by atomic mass is 10.1. The Balaban J connectivity index is 2.58. The van der Waals surface area contributed by atoms with Crippen LogP contribution in [0.25, 0.3) is 0 Å². The number of rotatable bonds is 5. The van der Waals surface area contributed by atoms with Gasteiger partial charge in [0, 0.05) is 19.0 Å². The summed E-state index contributed by atoms with van der Waals surface area (Å²) in [5.74, 6) is -0.242. The summed E-state index contributed by atoms with van der Waals surface area (Å²) in [5, 5.41) is 7.44. The molecule has 5 heteroatoms. The Kier molecular flexibility index (Phi) is 4.90. The third-order valence-corrected chi connectivity index (χ3v) is 2.86. The highest BCUT2D eigenvalue weighted by Crippen LogP contribution is 2.16. The molecule has 0 aliphatic carbocycles.